The van der Waals surface area contributed by atoms with Crippen LogP contribution < -0.4 is 19.1 Å². The summed E-state index contributed by atoms with van der Waals surface area (Å²) in [6.45, 7) is 6.15. The first-order valence-electron chi connectivity index (χ1n) is 11.3. The molecule has 0 unspecified atom stereocenters. The predicted molar refractivity (Wildman–Crippen MR) is 139 cm³/mol. The van der Waals surface area contributed by atoms with Crippen molar-refractivity contribution >= 4 is 21.6 Å². The second-order valence-corrected chi connectivity index (χ2v) is 10.5. The second kappa shape index (κ2) is 11.3. The Labute approximate surface area is 207 Å². The minimum absolute atomic E-state index is 0.179. The SMILES string of the molecule is COc1ccc(OC[C@@H](C)NC(=O)c2ccc(CN(c3c(C)cccc3C)S(C)(=O)=O)cc2)cc1. The normalized spacial score (nSPS) is 12.0. The number of sulfonamides is 1. The lowest BCUT2D eigenvalue weighted by Crippen LogP contribution is -2.36. The minimum atomic E-state index is -3.50. The fraction of sp³-hybridized carbons (Fsp3) is 0.296. The highest BCUT2D eigenvalue weighted by molar-refractivity contribution is 7.92. The third-order valence-corrected chi connectivity index (χ3v) is 6.68. The number of carbonyl (C=O) groups is 1. The molecule has 8 heteroatoms. The van der Waals surface area contributed by atoms with Crippen LogP contribution in [-0.2, 0) is 16.6 Å². The van der Waals surface area contributed by atoms with Gasteiger partial charge in [0.25, 0.3) is 5.91 Å². The molecule has 0 saturated heterocycles. The Hall–Kier alpha value is -3.52. The van der Waals surface area contributed by atoms with Crippen molar-refractivity contribution in [3.8, 4) is 11.5 Å². The summed E-state index contributed by atoms with van der Waals surface area (Å²) in [5.41, 5.74) is 3.73. The maximum absolute atomic E-state index is 12.7. The molecule has 0 bridgehead atoms. The number of carbonyl (C=O) groups excluding carboxylic acids is 1. The summed E-state index contributed by atoms with van der Waals surface area (Å²) < 4.78 is 37.4. The number of nitrogens with one attached hydrogen (secondary N) is 1. The van der Waals surface area contributed by atoms with Crippen molar-refractivity contribution in [3.05, 3.63) is 89.0 Å². The Morgan fingerprint density at radius 2 is 1.51 bits per heavy atom. The number of methoxy groups -OCH3 is 1. The van der Waals surface area contributed by atoms with Crippen LogP contribution >= 0.6 is 0 Å². The van der Waals surface area contributed by atoms with Gasteiger partial charge in [-0.1, -0.05) is 30.3 Å². The number of ether oxygens (including phenoxy) is 2. The van der Waals surface area contributed by atoms with Gasteiger partial charge >= 0.3 is 0 Å². The van der Waals surface area contributed by atoms with Crippen LogP contribution in [-0.4, -0.2) is 40.3 Å². The molecule has 0 heterocycles. The van der Waals surface area contributed by atoms with Crippen LogP contribution in [0.15, 0.2) is 66.7 Å². The smallest absolute Gasteiger partial charge is 0.251 e. The number of benzene rings is 3. The van der Waals surface area contributed by atoms with Crippen molar-refractivity contribution in [2.24, 2.45) is 0 Å². The van der Waals surface area contributed by atoms with Gasteiger partial charge in [-0.05, 0) is 73.9 Å². The van der Waals surface area contributed by atoms with Crippen LogP contribution in [0, 0.1) is 13.8 Å². The molecule has 0 radical (unpaired) electrons. The van der Waals surface area contributed by atoms with Crippen LogP contribution in [0.5, 0.6) is 11.5 Å². The predicted octanol–water partition coefficient (Wildman–Crippen LogP) is 4.48. The molecule has 0 aliphatic rings. The van der Waals surface area contributed by atoms with Crippen molar-refractivity contribution in [2.75, 3.05) is 24.3 Å². The Morgan fingerprint density at radius 1 is 0.943 bits per heavy atom. The monoisotopic (exact) mass is 496 g/mol. The van der Waals surface area contributed by atoms with Gasteiger partial charge in [0.2, 0.25) is 10.0 Å². The van der Waals surface area contributed by atoms with Gasteiger partial charge < -0.3 is 14.8 Å². The molecule has 0 fully saturated rings. The quantitative estimate of drug-likeness (QED) is 0.448. The number of para-hydroxylation sites is 1. The molecular formula is C27H32N2O5S. The Kier molecular flexibility index (Phi) is 8.40. The van der Waals surface area contributed by atoms with E-state index in [1.54, 1.807) is 31.4 Å². The van der Waals surface area contributed by atoms with E-state index in [4.69, 9.17) is 9.47 Å². The maximum Gasteiger partial charge on any atom is 0.251 e. The Bertz CT molecular complexity index is 1240. The molecule has 1 amide bonds. The molecule has 3 aromatic rings. The molecule has 0 aliphatic heterocycles. The third-order valence-electron chi connectivity index (χ3n) is 5.57. The van der Waals surface area contributed by atoms with E-state index in [9.17, 15) is 13.2 Å². The summed E-state index contributed by atoms with van der Waals surface area (Å²) >= 11 is 0. The second-order valence-electron chi connectivity index (χ2n) is 8.57. The highest BCUT2D eigenvalue weighted by Crippen LogP contribution is 2.28. The lowest BCUT2D eigenvalue weighted by Gasteiger charge is -2.26. The molecule has 3 rings (SSSR count). The van der Waals surface area contributed by atoms with Crippen molar-refractivity contribution < 1.29 is 22.7 Å². The largest absolute Gasteiger partial charge is 0.497 e. The van der Waals surface area contributed by atoms with E-state index in [1.165, 1.54) is 10.6 Å². The highest BCUT2D eigenvalue weighted by atomic mass is 32.2. The number of hydrogen-bond donors (Lipinski definition) is 1. The molecule has 1 N–H and O–H groups in total. The molecule has 0 saturated carbocycles. The first-order chi connectivity index (χ1) is 16.6. The molecule has 7 nitrogen and oxygen atoms in total. The van der Waals surface area contributed by atoms with E-state index in [2.05, 4.69) is 5.32 Å². The van der Waals surface area contributed by atoms with Gasteiger partial charge in [0, 0.05) is 5.56 Å². The van der Waals surface area contributed by atoms with Gasteiger partial charge in [-0.15, -0.1) is 0 Å². The summed E-state index contributed by atoms with van der Waals surface area (Å²) in [4.78, 5) is 12.7. The zero-order valence-electron chi connectivity index (χ0n) is 20.7. The van der Waals surface area contributed by atoms with E-state index in [-0.39, 0.29) is 18.5 Å². The van der Waals surface area contributed by atoms with Gasteiger partial charge in [0.15, 0.2) is 0 Å². The maximum atomic E-state index is 12.7. The van der Waals surface area contributed by atoms with Crippen LogP contribution in [0.2, 0.25) is 0 Å². The van der Waals surface area contributed by atoms with E-state index >= 15 is 0 Å². The van der Waals surface area contributed by atoms with Crippen LogP contribution in [0.4, 0.5) is 5.69 Å². The topological polar surface area (TPSA) is 84.9 Å². The summed E-state index contributed by atoms with van der Waals surface area (Å²) in [5, 5.41) is 2.92. The van der Waals surface area contributed by atoms with Crippen LogP contribution in [0.3, 0.4) is 0 Å². The van der Waals surface area contributed by atoms with E-state index in [0.717, 1.165) is 22.4 Å². The van der Waals surface area contributed by atoms with E-state index < -0.39 is 10.0 Å². The summed E-state index contributed by atoms with van der Waals surface area (Å²) in [7, 11) is -1.90. The first-order valence-corrected chi connectivity index (χ1v) is 13.1. The average Bonchev–Trinajstić information content (AvgIpc) is 2.82. The number of aryl methyl sites for hydroxylation is 2. The van der Waals surface area contributed by atoms with Crippen LogP contribution in [0.1, 0.15) is 34.0 Å². The van der Waals surface area contributed by atoms with Gasteiger partial charge in [-0.2, -0.15) is 0 Å². The third kappa shape index (κ3) is 6.99. The number of hydrogen-bond acceptors (Lipinski definition) is 5. The standard InChI is InChI=1S/C27H32N2O5S/c1-19-7-6-8-20(2)26(19)29(35(5,31)32)17-22-9-11-23(12-10-22)27(30)28-21(3)18-34-25-15-13-24(33-4)14-16-25/h6-16,21H,17-18H2,1-5H3,(H,28,30)/t21-/m1/s1. The van der Waals surface area contributed by atoms with Crippen molar-refractivity contribution in [2.45, 2.75) is 33.4 Å². The Balaban J connectivity index is 1.63. The van der Waals surface area contributed by atoms with E-state index in [0.29, 0.717) is 23.6 Å². The zero-order valence-corrected chi connectivity index (χ0v) is 21.6. The Morgan fingerprint density at radius 3 is 2.06 bits per heavy atom. The van der Waals surface area contributed by atoms with Crippen LogP contribution in [0.25, 0.3) is 0 Å². The fourth-order valence-electron chi connectivity index (χ4n) is 3.73. The van der Waals surface area contributed by atoms with Gasteiger partial charge in [0.1, 0.15) is 18.1 Å². The van der Waals surface area contributed by atoms with Gasteiger partial charge in [-0.25, -0.2) is 8.42 Å². The summed E-state index contributed by atoms with van der Waals surface area (Å²) in [6.07, 6.45) is 1.20. The first kappa shape index (κ1) is 26.1. The zero-order chi connectivity index (χ0) is 25.6. The average molecular weight is 497 g/mol. The molecule has 0 aliphatic carbocycles. The molecule has 186 valence electrons. The molecule has 0 spiro atoms. The lowest BCUT2D eigenvalue weighted by molar-refractivity contribution is 0.0926. The van der Waals surface area contributed by atoms with Gasteiger partial charge in [0.05, 0.1) is 31.6 Å². The van der Waals surface area contributed by atoms with Gasteiger partial charge in [-0.3, -0.25) is 9.10 Å². The molecule has 0 aromatic heterocycles. The number of amides is 1. The lowest BCUT2D eigenvalue weighted by atomic mass is 10.1. The molecule has 3 aromatic carbocycles. The number of rotatable bonds is 10. The number of nitrogens with zero attached hydrogens (tertiary/aromatic N) is 1. The minimum Gasteiger partial charge on any atom is -0.497 e. The summed E-state index contributed by atoms with van der Waals surface area (Å²) in [5.74, 6) is 1.21. The molecule has 35 heavy (non-hydrogen) atoms. The van der Waals surface area contributed by atoms with Crippen molar-refractivity contribution in [3.63, 3.8) is 0 Å². The van der Waals surface area contributed by atoms with Crippen molar-refractivity contribution in [1.82, 2.24) is 5.32 Å². The molecular weight excluding hydrogens is 464 g/mol. The fourth-order valence-corrected chi connectivity index (χ4v) is 4.73. The highest BCUT2D eigenvalue weighted by Gasteiger charge is 2.21. The number of anilines is 1. The van der Waals surface area contributed by atoms with E-state index in [1.807, 2.05) is 63.2 Å². The molecule has 1 atom stereocenters. The summed E-state index contributed by atoms with van der Waals surface area (Å²) in [6, 6.07) is 19.7. The van der Waals surface area contributed by atoms with Crippen molar-refractivity contribution in [1.29, 1.82) is 0 Å².